The van der Waals surface area contributed by atoms with Crippen LogP contribution in [0.4, 0.5) is 4.39 Å². The van der Waals surface area contributed by atoms with E-state index < -0.39 is 5.82 Å². The highest BCUT2D eigenvalue weighted by Crippen LogP contribution is 2.27. The first-order chi connectivity index (χ1) is 13.1. The molecule has 0 radical (unpaired) electrons. The molecule has 0 saturated heterocycles. The van der Waals surface area contributed by atoms with Gasteiger partial charge in [0.15, 0.2) is 11.6 Å². The highest BCUT2D eigenvalue weighted by atomic mass is 32.2. The zero-order valence-electron chi connectivity index (χ0n) is 15.2. The number of halogens is 1. The lowest BCUT2D eigenvalue weighted by molar-refractivity contribution is 0.0939. The summed E-state index contributed by atoms with van der Waals surface area (Å²) in [4.78, 5) is 17.2. The fourth-order valence-electron chi connectivity index (χ4n) is 2.72. The van der Waals surface area contributed by atoms with Gasteiger partial charge in [0.2, 0.25) is 0 Å². The van der Waals surface area contributed by atoms with Crippen molar-refractivity contribution in [3.05, 3.63) is 65.0 Å². The maximum absolute atomic E-state index is 13.9. The minimum Gasteiger partial charge on any atom is -0.494 e. The van der Waals surface area contributed by atoms with Crippen molar-refractivity contribution in [3.8, 4) is 5.75 Å². The van der Waals surface area contributed by atoms with Crippen LogP contribution >= 0.6 is 23.5 Å². The van der Waals surface area contributed by atoms with E-state index in [9.17, 15) is 9.18 Å². The quantitative estimate of drug-likeness (QED) is 0.761. The summed E-state index contributed by atoms with van der Waals surface area (Å²) in [6, 6.07) is 11.9. The molecule has 1 unspecified atom stereocenters. The largest absolute Gasteiger partial charge is 0.494 e. The Balaban J connectivity index is 1.69. The molecule has 1 N–H and O–H groups in total. The van der Waals surface area contributed by atoms with Gasteiger partial charge in [-0.25, -0.2) is 4.39 Å². The molecule has 1 heterocycles. The van der Waals surface area contributed by atoms with Crippen LogP contribution in [0.5, 0.6) is 5.75 Å². The molecule has 0 fully saturated rings. The van der Waals surface area contributed by atoms with E-state index in [-0.39, 0.29) is 17.7 Å². The molecule has 0 spiro atoms. The Morgan fingerprint density at radius 2 is 2.19 bits per heavy atom. The monoisotopic (exact) mass is 404 g/mol. The van der Waals surface area contributed by atoms with Gasteiger partial charge in [-0.15, -0.1) is 0 Å². The Bertz CT molecular complexity index is 858. The van der Waals surface area contributed by atoms with Gasteiger partial charge < -0.3 is 10.1 Å². The lowest BCUT2D eigenvalue weighted by atomic mass is 10.1. The summed E-state index contributed by atoms with van der Waals surface area (Å²) in [6.07, 6.45) is 0. The van der Waals surface area contributed by atoms with Gasteiger partial charge in [0, 0.05) is 17.1 Å². The van der Waals surface area contributed by atoms with E-state index in [1.54, 1.807) is 35.7 Å². The van der Waals surface area contributed by atoms with Crippen molar-refractivity contribution in [2.75, 3.05) is 19.4 Å². The molecule has 0 bridgehead atoms. The highest BCUT2D eigenvalue weighted by molar-refractivity contribution is 8.38. The Kier molecular flexibility index (Phi) is 6.79. The van der Waals surface area contributed by atoms with Crippen LogP contribution < -0.4 is 10.1 Å². The first-order valence-corrected chi connectivity index (χ1v) is 10.6. The highest BCUT2D eigenvalue weighted by Gasteiger charge is 2.17. The summed E-state index contributed by atoms with van der Waals surface area (Å²) in [6.45, 7) is 2.70. The van der Waals surface area contributed by atoms with Gasteiger partial charge in [0.05, 0.1) is 19.7 Å². The van der Waals surface area contributed by atoms with Crippen LogP contribution in [0.15, 0.2) is 47.5 Å². The predicted molar refractivity (Wildman–Crippen MR) is 111 cm³/mol. The van der Waals surface area contributed by atoms with Gasteiger partial charge in [-0.3, -0.25) is 9.79 Å². The van der Waals surface area contributed by atoms with Crippen molar-refractivity contribution < 1.29 is 13.9 Å². The molecule has 1 aliphatic rings. The smallest absolute Gasteiger partial charge is 0.252 e. The zero-order chi connectivity index (χ0) is 19.2. The number of amides is 1. The number of aliphatic imine (C=N–C) groups is 1. The van der Waals surface area contributed by atoms with Crippen molar-refractivity contribution in [1.29, 1.82) is 0 Å². The summed E-state index contributed by atoms with van der Waals surface area (Å²) in [7, 11) is 1.42. The van der Waals surface area contributed by atoms with Crippen LogP contribution in [-0.2, 0) is 5.75 Å². The van der Waals surface area contributed by atoms with E-state index in [0.717, 1.165) is 22.2 Å². The molecular formula is C20H21FN2O2S2. The number of carbonyl (C=O) groups excluding carboxylic acids is 1. The van der Waals surface area contributed by atoms with Crippen molar-refractivity contribution in [2.45, 2.75) is 18.7 Å². The molecule has 0 saturated carbocycles. The Morgan fingerprint density at radius 1 is 1.37 bits per heavy atom. The van der Waals surface area contributed by atoms with Crippen molar-refractivity contribution in [1.82, 2.24) is 5.32 Å². The third kappa shape index (κ3) is 5.05. The summed E-state index contributed by atoms with van der Waals surface area (Å²) in [5, 5.41) is 2.95. The second-order valence-corrected chi connectivity index (χ2v) is 8.34. The van der Waals surface area contributed by atoms with Gasteiger partial charge in [-0.2, -0.15) is 0 Å². The van der Waals surface area contributed by atoms with Crippen LogP contribution in [0.1, 0.15) is 34.5 Å². The first kappa shape index (κ1) is 19.8. The molecule has 0 aromatic heterocycles. The Labute approximate surface area is 167 Å². The number of thioether (sulfide) groups is 2. The van der Waals surface area contributed by atoms with Crippen molar-refractivity contribution in [3.63, 3.8) is 0 Å². The van der Waals surface area contributed by atoms with Crippen LogP contribution in [-0.4, -0.2) is 29.7 Å². The number of nitrogens with one attached hydrogen (secondary N) is 1. The number of benzene rings is 2. The number of hydrogen-bond donors (Lipinski definition) is 1. The van der Waals surface area contributed by atoms with Crippen LogP contribution in [0, 0.1) is 5.82 Å². The first-order valence-electron chi connectivity index (χ1n) is 8.60. The van der Waals surface area contributed by atoms with Crippen molar-refractivity contribution >= 4 is 33.8 Å². The lowest BCUT2D eigenvalue weighted by Crippen LogP contribution is -2.27. The maximum atomic E-state index is 13.9. The topological polar surface area (TPSA) is 50.7 Å². The zero-order valence-corrected chi connectivity index (χ0v) is 16.8. The maximum Gasteiger partial charge on any atom is 0.252 e. The molecule has 27 heavy (non-hydrogen) atoms. The summed E-state index contributed by atoms with van der Waals surface area (Å²) in [5.74, 6) is 1.30. The molecule has 1 amide bonds. The van der Waals surface area contributed by atoms with E-state index in [1.807, 2.05) is 31.2 Å². The van der Waals surface area contributed by atoms with E-state index in [0.29, 0.717) is 16.9 Å². The normalized spacial score (nSPS) is 14.6. The second-order valence-electron chi connectivity index (χ2n) is 6.03. The lowest BCUT2D eigenvalue weighted by Gasteiger charge is -2.17. The summed E-state index contributed by atoms with van der Waals surface area (Å²) >= 11 is 3.41. The number of carbonyl (C=O) groups is 1. The molecule has 3 rings (SSSR count). The number of hydrogen-bond acceptors (Lipinski definition) is 5. The van der Waals surface area contributed by atoms with Gasteiger partial charge in [-0.1, -0.05) is 47.8 Å². The molecule has 7 heteroatoms. The Hall–Kier alpha value is -1.99. The van der Waals surface area contributed by atoms with Gasteiger partial charge in [0.1, 0.15) is 4.38 Å². The standard InChI is InChI=1S/C20H21FN2O2S2/c1-13(14-7-8-18(25-2)17(21)11-14)23-19(24)16-6-4-3-5-15(16)12-27-20-22-9-10-26-20/h3-8,11,13H,9-10,12H2,1-2H3,(H,23,24). The molecule has 1 atom stereocenters. The molecule has 2 aromatic rings. The fraction of sp³-hybridized carbons (Fsp3) is 0.300. The number of nitrogens with zero attached hydrogens (tertiary/aromatic N) is 1. The van der Waals surface area contributed by atoms with Gasteiger partial charge in [-0.05, 0) is 36.2 Å². The molecule has 0 aliphatic carbocycles. The van der Waals surface area contributed by atoms with E-state index >= 15 is 0 Å². The predicted octanol–water partition coefficient (Wildman–Crippen LogP) is 4.66. The number of ether oxygens (including phenoxy) is 1. The fourth-order valence-corrected chi connectivity index (χ4v) is 4.73. The van der Waals surface area contributed by atoms with Gasteiger partial charge >= 0.3 is 0 Å². The van der Waals surface area contributed by atoms with Crippen molar-refractivity contribution in [2.24, 2.45) is 4.99 Å². The van der Waals surface area contributed by atoms with E-state index in [1.165, 1.54) is 13.2 Å². The summed E-state index contributed by atoms with van der Waals surface area (Å²) in [5.41, 5.74) is 2.28. The second kappa shape index (κ2) is 9.28. The van der Waals surface area contributed by atoms with Crippen LogP contribution in [0.3, 0.4) is 0 Å². The van der Waals surface area contributed by atoms with Crippen LogP contribution in [0.2, 0.25) is 0 Å². The molecule has 142 valence electrons. The molecule has 1 aliphatic heterocycles. The van der Waals surface area contributed by atoms with Crippen LogP contribution in [0.25, 0.3) is 0 Å². The number of methoxy groups -OCH3 is 1. The SMILES string of the molecule is COc1ccc(C(C)NC(=O)c2ccccc2CSC2=NCCS2)cc1F. The van der Waals surface area contributed by atoms with E-state index in [2.05, 4.69) is 10.3 Å². The molecular weight excluding hydrogens is 383 g/mol. The Morgan fingerprint density at radius 3 is 2.89 bits per heavy atom. The average molecular weight is 405 g/mol. The summed E-state index contributed by atoms with van der Waals surface area (Å²) < 4.78 is 19.9. The third-order valence-corrected chi connectivity index (χ3v) is 6.50. The van der Waals surface area contributed by atoms with E-state index in [4.69, 9.17) is 4.74 Å². The average Bonchev–Trinajstić information content (AvgIpc) is 3.20. The number of rotatable bonds is 6. The minimum absolute atomic E-state index is 0.170. The molecule has 2 aromatic carbocycles. The van der Waals surface area contributed by atoms with Gasteiger partial charge in [0.25, 0.3) is 5.91 Å². The third-order valence-electron chi connectivity index (χ3n) is 4.19. The molecule has 4 nitrogen and oxygen atoms in total. The minimum atomic E-state index is -0.442.